The minimum atomic E-state index is 0.0399. The Morgan fingerprint density at radius 1 is 1.47 bits per heavy atom. The van der Waals surface area contributed by atoms with Crippen molar-refractivity contribution in [2.45, 2.75) is 33.1 Å². The summed E-state index contributed by atoms with van der Waals surface area (Å²) in [5.41, 5.74) is 5.49. The average Bonchev–Trinajstić information content (AvgIpc) is 2.25. The first-order valence-corrected chi connectivity index (χ1v) is 5.74. The van der Waals surface area contributed by atoms with Crippen molar-refractivity contribution in [1.29, 1.82) is 0 Å². The summed E-state index contributed by atoms with van der Waals surface area (Å²) in [5.74, 6) is 0.526. The lowest BCUT2D eigenvalue weighted by atomic mass is 10.1. The lowest BCUT2D eigenvalue weighted by Gasteiger charge is -2.21. The van der Waals surface area contributed by atoms with Gasteiger partial charge in [-0.2, -0.15) is 0 Å². The zero-order valence-corrected chi connectivity index (χ0v) is 9.91. The van der Waals surface area contributed by atoms with Crippen molar-refractivity contribution >= 4 is 5.91 Å². The Morgan fingerprint density at radius 3 is 2.60 bits per heavy atom. The van der Waals surface area contributed by atoms with E-state index in [1.807, 2.05) is 13.8 Å². The Kier molecular flexibility index (Phi) is 8.33. The van der Waals surface area contributed by atoms with Gasteiger partial charge in [-0.05, 0) is 25.3 Å². The van der Waals surface area contributed by atoms with Gasteiger partial charge in [0.25, 0.3) is 0 Å². The molecule has 1 atom stereocenters. The first-order chi connectivity index (χ1) is 7.15. The maximum atomic E-state index is 11.7. The number of nitrogens with two attached hydrogens (primary N) is 1. The van der Waals surface area contributed by atoms with Crippen LogP contribution in [0.5, 0.6) is 0 Å². The number of aliphatic hydroxyl groups is 1. The molecule has 4 nitrogen and oxygen atoms in total. The molecule has 4 heteroatoms. The van der Waals surface area contributed by atoms with Crippen molar-refractivity contribution in [2.75, 3.05) is 26.2 Å². The van der Waals surface area contributed by atoms with Crippen LogP contribution in [0, 0.1) is 5.92 Å². The minimum Gasteiger partial charge on any atom is -0.395 e. The first-order valence-electron chi connectivity index (χ1n) is 5.74. The largest absolute Gasteiger partial charge is 0.395 e. The van der Waals surface area contributed by atoms with Crippen LogP contribution >= 0.6 is 0 Å². The first kappa shape index (κ1) is 14.4. The van der Waals surface area contributed by atoms with E-state index < -0.39 is 0 Å². The van der Waals surface area contributed by atoms with Gasteiger partial charge < -0.3 is 15.7 Å². The van der Waals surface area contributed by atoms with E-state index in [0.29, 0.717) is 25.4 Å². The summed E-state index contributed by atoms with van der Waals surface area (Å²) in [6.07, 6.45) is 2.30. The van der Waals surface area contributed by atoms with E-state index in [1.165, 1.54) is 0 Å². The highest BCUT2D eigenvalue weighted by atomic mass is 16.3. The SMILES string of the molecule is CCCN(CCO)C(=O)CCC(C)CN. The van der Waals surface area contributed by atoms with Crippen LogP contribution in [0.3, 0.4) is 0 Å². The van der Waals surface area contributed by atoms with Crippen LogP contribution in [-0.2, 0) is 4.79 Å². The standard InChI is InChI=1S/C11H24N2O2/c1-3-6-13(7-8-14)11(15)5-4-10(2)9-12/h10,14H,3-9,12H2,1-2H3. The van der Waals surface area contributed by atoms with Gasteiger partial charge in [0.2, 0.25) is 5.91 Å². The van der Waals surface area contributed by atoms with E-state index in [4.69, 9.17) is 10.8 Å². The normalized spacial score (nSPS) is 12.5. The number of nitrogens with zero attached hydrogens (tertiary/aromatic N) is 1. The van der Waals surface area contributed by atoms with Crippen molar-refractivity contribution in [3.8, 4) is 0 Å². The van der Waals surface area contributed by atoms with E-state index in [1.54, 1.807) is 4.90 Å². The molecule has 0 aliphatic carbocycles. The van der Waals surface area contributed by atoms with Crippen LogP contribution in [0.25, 0.3) is 0 Å². The highest BCUT2D eigenvalue weighted by Crippen LogP contribution is 2.06. The van der Waals surface area contributed by atoms with E-state index in [-0.39, 0.29) is 12.5 Å². The van der Waals surface area contributed by atoms with Crippen molar-refractivity contribution < 1.29 is 9.90 Å². The van der Waals surface area contributed by atoms with Crippen LogP contribution in [0.15, 0.2) is 0 Å². The lowest BCUT2D eigenvalue weighted by molar-refractivity contribution is -0.132. The number of hydrogen-bond acceptors (Lipinski definition) is 3. The molecule has 0 aromatic rings. The van der Waals surface area contributed by atoms with Gasteiger partial charge in [-0.1, -0.05) is 13.8 Å². The second kappa shape index (κ2) is 8.68. The number of carbonyl (C=O) groups is 1. The van der Waals surface area contributed by atoms with Gasteiger partial charge in [0.15, 0.2) is 0 Å². The maximum absolute atomic E-state index is 11.7. The molecule has 0 bridgehead atoms. The molecule has 0 fully saturated rings. The Balaban J connectivity index is 3.90. The third-order valence-electron chi connectivity index (χ3n) is 2.47. The maximum Gasteiger partial charge on any atom is 0.222 e. The van der Waals surface area contributed by atoms with Crippen LogP contribution in [0.4, 0.5) is 0 Å². The molecule has 0 rings (SSSR count). The molecule has 0 aromatic heterocycles. The van der Waals surface area contributed by atoms with Gasteiger partial charge in [-0.3, -0.25) is 4.79 Å². The highest BCUT2D eigenvalue weighted by Gasteiger charge is 2.12. The third-order valence-corrected chi connectivity index (χ3v) is 2.47. The molecule has 1 amide bonds. The van der Waals surface area contributed by atoms with Gasteiger partial charge in [0.05, 0.1) is 6.61 Å². The predicted octanol–water partition coefficient (Wildman–Crippen LogP) is 0.592. The molecule has 3 N–H and O–H groups in total. The molecule has 0 aromatic carbocycles. The minimum absolute atomic E-state index is 0.0399. The zero-order chi connectivity index (χ0) is 11.7. The van der Waals surface area contributed by atoms with Crippen molar-refractivity contribution in [3.63, 3.8) is 0 Å². The molecule has 0 saturated heterocycles. The van der Waals surface area contributed by atoms with Crippen molar-refractivity contribution in [1.82, 2.24) is 4.90 Å². The lowest BCUT2D eigenvalue weighted by Crippen LogP contribution is -2.34. The highest BCUT2D eigenvalue weighted by molar-refractivity contribution is 5.76. The summed E-state index contributed by atoms with van der Waals surface area (Å²) >= 11 is 0. The fourth-order valence-electron chi connectivity index (χ4n) is 1.40. The number of aliphatic hydroxyl groups excluding tert-OH is 1. The summed E-state index contributed by atoms with van der Waals surface area (Å²) in [6, 6.07) is 0. The van der Waals surface area contributed by atoms with Crippen molar-refractivity contribution in [3.05, 3.63) is 0 Å². The number of carbonyl (C=O) groups excluding carboxylic acids is 1. The van der Waals surface area contributed by atoms with Crippen LogP contribution < -0.4 is 5.73 Å². The summed E-state index contributed by atoms with van der Waals surface area (Å²) in [6.45, 7) is 5.92. The molecule has 1 unspecified atom stereocenters. The second-order valence-electron chi connectivity index (χ2n) is 3.98. The fraction of sp³-hybridized carbons (Fsp3) is 0.909. The molecule has 0 radical (unpaired) electrons. The van der Waals surface area contributed by atoms with Gasteiger partial charge in [0, 0.05) is 19.5 Å². The summed E-state index contributed by atoms with van der Waals surface area (Å²) in [5, 5.41) is 8.82. The summed E-state index contributed by atoms with van der Waals surface area (Å²) in [7, 11) is 0. The molecule has 0 aliphatic heterocycles. The number of amides is 1. The van der Waals surface area contributed by atoms with Gasteiger partial charge in [0.1, 0.15) is 0 Å². The van der Waals surface area contributed by atoms with E-state index in [2.05, 4.69) is 0 Å². The molecular weight excluding hydrogens is 192 g/mol. The van der Waals surface area contributed by atoms with Crippen LogP contribution in [0.1, 0.15) is 33.1 Å². The second-order valence-corrected chi connectivity index (χ2v) is 3.98. The summed E-state index contributed by atoms with van der Waals surface area (Å²) < 4.78 is 0. The Hall–Kier alpha value is -0.610. The van der Waals surface area contributed by atoms with Crippen molar-refractivity contribution in [2.24, 2.45) is 11.7 Å². The smallest absolute Gasteiger partial charge is 0.222 e. The summed E-state index contributed by atoms with van der Waals surface area (Å²) in [4.78, 5) is 13.4. The number of rotatable bonds is 8. The Morgan fingerprint density at radius 2 is 2.13 bits per heavy atom. The van der Waals surface area contributed by atoms with Crippen LogP contribution in [-0.4, -0.2) is 42.2 Å². The fourth-order valence-corrected chi connectivity index (χ4v) is 1.40. The molecular formula is C11H24N2O2. The van der Waals surface area contributed by atoms with E-state index in [9.17, 15) is 4.79 Å². The van der Waals surface area contributed by atoms with Gasteiger partial charge in [-0.15, -0.1) is 0 Å². The van der Waals surface area contributed by atoms with E-state index in [0.717, 1.165) is 19.4 Å². The molecule has 15 heavy (non-hydrogen) atoms. The molecule has 0 aliphatic rings. The molecule has 0 spiro atoms. The zero-order valence-electron chi connectivity index (χ0n) is 9.91. The topological polar surface area (TPSA) is 66.6 Å². The van der Waals surface area contributed by atoms with Gasteiger partial charge in [-0.25, -0.2) is 0 Å². The monoisotopic (exact) mass is 216 g/mol. The third kappa shape index (κ3) is 6.47. The molecule has 90 valence electrons. The Bertz CT molecular complexity index is 168. The average molecular weight is 216 g/mol. The number of hydrogen-bond donors (Lipinski definition) is 2. The van der Waals surface area contributed by atoms with Crippen LogP contribution in [0.2, 0.25) is 0 Å². The molecule has 0 saturated carbocycles. The van der Waals surface area contributed by atoms with E-state index >= 15 is 0 Å². The quantitative estimate of drug-likeness (QED) is 0.624. The molecule has 0 heterocycles. The van der Waals surface area contributed by atoms with Gasteiger partial charge >= 0.3 is 0 Å². The predicted molar refractivity (Wildman–Crippen MR) is 61.4 cm³/mol. The Labute approximate surface area is 92.4 Å².